The number of para-hydroxylation sites is 2. The fourth-order valence-corrected chi connectivity index (χ4v) is 3.02. The second-order valence-electron chi connectivity index (χ2n) is 5.86. The molecule has 25 heavy (non-hydrogen) atoms. The molecule has 0 unspecified atom stereocenters. The lowest BCUT2D eigenvalue weighted by Crippen LogP contribution is -2.33. The Kier molecular flexibility index (Phi) is 4.16. The molecule has 1 aromatic heterocycles. The van der Waals surface area contributed by atoms with Gasteiger partial charge < -0.3 is 15.4 Å². The number of benzene rings is 2. The Morgan fingerprint density at radius 3 is 2.88 bits per heavy atom. The maximum Gasteiger partial charge on any atom is 0.231 e. The third kappa shape index (κ3) is 3.10. The number of amides is 1. The van der Waals surface area contributed by atoms with Crippen LogP contribution in [0.2, 0.25) is 0 Å². The number of hydrogen-bond donors (Lipinski definition) is 2. The predicted molar refractivity (Wildman–Crippen MR) is 95.7 cm³/mol. The summed E-state index contributed by atoms with van der Waals surface area (Å²) in [6.07, 6.45) is 1.54. The number of hydrogen-bond acceptors (Lipinski definition) is 5. The Labute approximate surface area is 145 Å². The lowest BCUT2D eigenvalue weighted by molar-refractivity contribution is -0.122. The van der Waals surface area contributed by atoms with Crippen molar-refractivity contribution in [2.75, 3.05) is 25.0 Å². The number of nitrogens with zero attached hydrogens (tertiary/aromatic N) is 2. The van der Waals surface area contributed by atoms with E-state index < -0.39 is 0 Å². The van der Waals surface area contributed by atoms with Gasteiger partial charge in [-0.3, -0.25) is 4.79 Å². The van der Waals surface area contributed by atoms with Crippen molar-refractivity contribution in [2.45, 2.75) is 5.92 Å². The molecule has 6 heteroatoms. The van der Waals surface area contributed by atoms with E-state index in [0.29, 0.717) is 19.7 Å². The zero-order valence-corrected chi connectivity index (χ0v) is 13.6. The third-order valence-electron chi connectivity index (χ3n) is 4.28. The standard InChI is InChI=1S/C19H18N4O2/c24-19(15-11-25-17-8-4-2-5-13(15)17)21-10-9-20-18-14-6-1-3-7-16(14)22-12-23-18/h1-8,12,15H,9-11H2,(H,21,24)(H,20,22,23)/t15-/m1/s1. The van der Waals surface area contributed by atoms with Crippen molar-refractivity contribution in [1.82, 2.24) is 15.3 Å². The van der Waals surface area contributed by atoms with Crippen molar-refractivity contribution in [3.05, 3.63) is 60.4 Å². The van der Waals surface area contributed by atoms with Crippen molar-refractivity contribution in [3.63, 3.8) is 0 Å². The highest BCUT2D eigenvalue weighted by atomic mass is 16.5. The molecule has 1 amide bonds. The van der Waals surface area contributed by atoms with Gasteiger partial charge in [0.25, 0.3) is 0 Å². The molecule has 0 saturated heterocycles. The van der Waals surface area contributed by atoms with Crippen molar-refractivity contribution >= 4 is 22.6 Å². The van der Waals surface area contributed by atoms with Crippen molar-refractivity contribution < 1.29 is 9.53 Å². The molecular formula is C19H18N4O2. The van der Waals surface area contributed by atoms with Gasteiger partial charge in [-0.15, -0.1) is 0 Å². The number of ether oxygens (including phenoxy) is 1. The largest absolute Gasteiger partial charge is 0.492 e. The molecule has 0 spiro atoms. The van der Waals surface area contributed by atoms with Crippen LogP contribution < -0.4 is 15.4 Å². The van der Waals surface area contributed by atoms with Gasteiger partial charge in [-0.1, -0.05) is 30.3 Å². The lowest BCUT2D eigenvalue weighted by Gasteiger charge is -2.12. The van der Waals surface area contributed by atoms with Crippen LogP contribution in [0.25, 0.3) is 10.9 Å². The monoisotopic (exact) mass is 334 g/mol. The quantitative estimate of drug-likeness (QED) is 0.701. The van der Waals surface area contributed by atoms with Gasteiger partial charge in [0.1, 0.15) is 30.4 Å². The molecule has 6 nitrogen and oxygen atoms in total. The van der Waals surface area contributed by atoms with E-state index in [-0.39, 0.29) is 11.8 Å². The van der Waals surface area contributed by atoms with Crippen LogP contribution >= 0.6 is 0 Å². The molecule has 126 valence electrons. The first-order valence-corrected chi connectivity index (χ1v) is 8.26. The minimum Gasteiger partial charge on any atom is -0.492 e. The van der Waals surface area contributed by atoms with Gasteiger partial charge in [0.05, 0.1) is 5.52 Å². The fraction of sp³-hybridized carbons (Fsp3) is 0.211. The number of carbonyl (C=O) groups excluding carboxylic acids is 1. The molecule has 3 aromatic rings. The number of anilines is 1. The minimum absolute atomic E-state index is 0.0145. The van der Waals surface area contributed by atoms with Gasteiger partial charge in [0, 0.05) is 24.0 Å². The van der Waals surface area contributed by atoms with Gasteiger partial charge in [-0.05, 0) is 18.2 Å². The highest BCUT2D eigenvalue weighted by Gasteiger charge is 2.29. The molecular weight excluding hydrogens is 316 g/mol. The Morgan fingerprint density at radius 1 is 1.08 bits per heavy atom. The first-order valence-electron chi connectivity index (χ1n) is 8.26. The first kappa shape index (κ1) is 15.4. The highest BCUT2D eigenvalue weighted by Crippen LogP contribution is 2.33. The van der Waals surface area contributed by atoms with E-state index in [2.05, 4.69) is 20.6 Å². The van der Waals surface area contributed by atoms with Gasteiger partial charge in [-0.25, -0.2) is 9.97 Å². The van der Waals surface area contributed by atoms with Crippen LogP contribution in [0.15, 0.2) is 54.9 Å². The van der Waals surface area contributed by atoms with E-state index in [1.165, 1.54) is 6.33 Å². The molecule has 1 aliphatic heterocycles. The maximum absolute atomic E-state index is 12.4. The summed E-state index contributed by atoms with van der Waals surface area (Å²) < 4.78 is 5.56. The molecule has 1 aliphatic rings. The summed E-state index contributed by atoms with van der Waals surface area (Å²) in [5, 5.41) is 7.18. The lowest BCUT2D eigenvalue weighted by atomic mass is 10.0. The van der Waals surface area contributed by atoms with Crippen molar-refractivity contribution in [1.29, 1.82) is 0 Å². The van der Waals surface area contributed by atoms with E-state index in [0.717, 1.165) is 28.0 Å². The van der Waals surface area contributed by atoms with Gasteiger partial charge in [0.15, 0.2) is 0 Å². The average Bonchev–Trinajstić information content (AvgIpc) is 3.09. The van der Waals surface area contributed by atoms with Crippen LogP contribution in [0.4, 0.5) is 5.82 Å². The normalized spacial score (nSPS) is 15.4. The number of aromatic nitrogens is 2. The fourth-order valence-electron chi connectivity index (χ4n) is 3.02. The van der Waals surface area contributed by atoms with Crippen LogP contribution in [-0.4, -0.2) is 35.6 Å². The van der Waals surface area contributed by atoms with Crippen LogP contribution in [0.5, 0.6) is 5.75 Å². The first-order chi connectivity index (χ1) is 12.3. The summed E-state index contributed by atoms with van der Waals surface area (Å²) in [5.41, 5.74) is 1.85. The molecule has 1 atom stereocenters. The molecule has 0 bridgehead atoms. The van der Waals surface area contributed by atoms with Crippen LogP contribution in [0, 0.1) is 0 Å². The molecule has 0 saturated carbocycles. The predicted octanol–water partition coefficient (Wildman–Crippen LogP) is 2.33. The summed E-state index contributed by atoms with van der Waals surface area (Å²) in [6, 6.07) is 15.5. The van der Waals surface area contributed by atoms with Crippen molar-refractivity contribution in [2.24, 2.45) is 0 Å². The summed E-state index contributed by atoms with van der Waals surface area (Å²) in [4.78, 5) is 20.9. The molecule has 2 heterocycles. The number of rotatable bonds is 5. The second-order valence-corrected chi connectivity index (χ2v) is 5.86. The second kappa shape index (κ2) is 6.76. The maximum atomic E-state index is 12.4. The topological polar surface area (TPSA) is 76.1 Å². The van der Waals surface area contributed by atoms with E-state index in [1.807, 2.05) is 48.5 Å². The molecule has 0 fully saturated rings. The summed E-state index contributed by atoms with van der Waals surface area (Å²) >= 11 is 0. The van der Waals surface area contributed by atoms with Gasteiger partial charge >= 0.3 is 0 Å². The van der Waals surface area contributed by atoms with Crippen LogP contribution in [-0.2, 0) is 4.79 Å². The summed E-state index contributed by atoms with van der Waals surface area (Å²) in [5.74, 6) is 1.32. The average molecular weight is 334 g/mol. The smallest absolute Gasteiger partial charge is 0.231 e. The summed E-state index contributed by atoms with van der Waals surface area (Å²) in [6.45, 7) is 1.49. The summed E-state index contributed by atoms with van der Waals surface area (Å²) in [7, 11) is 0. The zero-order valence-electron chi connectivity index (χ0n) is 13.6. The van der Waals surface area contributed by atoms with Crippen molar-refractivity contribution in [3.8, 4) is 5.75 Å². The van der Waals surface area contributed by atoms with E-state index >= 15 is 0 Å². The SMILES string of the molecule is O=C(NCCNc1ncnc2ccccc12)[C@@H]1COc2ccccc21. The number of fused-ring (bicyclic) bond motifs is 2. The van der Waals surface area contributed by atoms with E-state index in [4.69, 9.17) is 4.74 Å². The van der Waals surface area contributed by atoms with Gasteiger partial charge in [-0.2, -0.15) is 0 Å². The molecule has 0 aliphatic carbocycles. The number of nitrogens with one attached hydrogen (secondary N) is 2. The van der Waals surface area contributed by atoms with Crippen LogP contribution in [0.3, 0.4) is 0 Å². The molecule has 4 rings (SSSR count). The molecule has 0 radical (unpaired) electrons. The zero-order chi connectivity index (χ0) is 17.1. The Hall–Kier alpha value is -3.15. The van der Waals surface area contributed by atoms with Gasteiger partial charge in [0.2, 0.25) is 5.91 Å². The van der Waals surface area contributed by atoms with E-state index in [9.17, 15) is 4.79 Å². The Balaban J connectivity index is 1.33. The third-order valence-corrected chi connectivity index (χ3v) is 4.28. The molecule has 2 aromatic carbocycles. The minimum atomic E-state index is -0.240. The Bertz CT molecular complexity index is 907. The number of carbonyl (C=O) groups is 1. The molecule has 2 N–H and O–H groups in total. The Morgan fingerprint density at radius 2 is 1.92 bits per heavy atom. The van der Waals surface area contributed by atoms with E-state index in [1.54, 1.807) is 0 Å². The van der Waals surface area contributed by atoms with Crippen LogP contribution in [0.1, 0.15) is 11.5 Å². The highest BCUT2D eigenvalue weighted by molar-refractivity contribution is 5.88.